The molecule has 0 aliphatic carbocycles. The summed E-state index contributed by atoms with van der Waals surface area (Å²) in [7, 11) is 0. The summed E-state index contributed by atoms with van der Waals surface area (Å²) >= 11 is 0. The number of imide groups is 2. The van der Waals surface area contributed by atoms with E-state index in [0.717, 1.165) is 10.5 Å². The Bertz CT molecular complexity index is 849. The highest BCUT2D eigenvalue weighted by atomic mass is 16.5. The number of hydrogen-bond acceptors (Lipinski definition) is 6. The summed E-state index contributed by atoms with van der Waals surface area (Å²) in [4.78, 5) is 60.0. The van der Waals surface area contributed by atoms with Gasteiger partial charge < -0.3 is 9.84 Å². The van der Waals surface area contributed by atoms with Gasteiger partial charge in [0.15, 0.2) is 0 Å². The third-order valence-electron chi connectivity index (χ3n) is 4.72. The maximum atomic E-state index is 12.7. The molecule has 0 saturated carbocycles. The number of carbonyl (C=O) groups is 5. The molecule has 9 nitrogen and oxygen atoms in total. The van der Waals surface area contributed by atoms with Gasteiger partial charge in [0, 0.05) is 13.0 Å². The topological polar surface area (TPSA) is 130 Å². The third kappa shape index (κ3) is 4.09. The molecule has 2 N–H and O–H groups in total. The van der Waals surface area contributed by atoms with Crippen molar-refractivity contribution in [2.75, 3.05) is 13.2 Å². The first-order valence-electron chi connectivity index (χ1n) is 9.02. The van der Waals surface area contributed by atoms with E-state index in [4.69, 9.17) is 9.84 Å². The van der Waals surface area contributed by atoms with Gasteiger partial charge in [-0.05, 0) is 37.0 Å². The van der Waals surface area contributed by atoms with Crippen molar-refractivity contribution in [2.24, 2.45) is 0 Å². The summed E-state index contributed by atoms with van der Waals surface area (Å²) in [5, 5.41) is 10.7. The smallest absolute Gasteiger partial charge is 0.305 e. The Kier molecular flexibility index (Phi) is 5.84. The molecule has 1 atom stereocenters. The number of aryl methyl sites for hydroxylation is 1. The van der Waals surface area contributed by atoms with Gasteiger partial charge in [-0.3, -0.25) is 34.2 Å². The van der Waals surface area contributed by atoms with Crippen LogP contribution >= 0.6 is 0 Å². The molecule has 0 spiro atoms. The van der Waals surface area contributed by atoms with Crippen molar-refractivity contribution in [1.82, 2.24) is 10.2 Å². The maximum absolute atomic E-state index is 12.7. The van der Waals surface area contributed by atoms with Crippen molar-refractivity contribution in [3.63, 3.8) is 0 Å². The van der Waals surface area contributed by atoms with Gasteiger partial charge in [0.2, 0.25) is 11.8 Å². The molecule has 28 heavy (non-hydrogen) atoms. The van der Waals surface area contributed by atoms with Crippen molar-refractivity contribution in [3.8, 4) is 0 Å². The third-order valence-corrected chi connectivity index (χ3v) is 4.72. The number of amides is 4. The van der Waals surface area contributed by atoms with Gasteiger partial charge in [0.1, 0.15) is 6.04 Å². The lowest BCUT2D eigenvalue weighted by atomic mass is 10.0. The van der Waals surface area contributed by atoms with E-state index in [9.17, 15) is 24.0 Å². The zero-order valence-electron chi connectivity index (χ0n) is 15.1. The number of carboxylic acid groups (broad SMARTS) is 1. The minimum absolute atomic E-state index is 0.0500. The first-order valence-corrected chi connectivity index (χ1v) is 9.02. The number of nitrogens with zero attached hydrogens (tertiary/aromatic N) is 1. The van der Waals surface area contributed by atoms with Crippen LogP contribution in [0.3, 0.4) is 0 Å². The second-order valence-corrected chi connectivity index (χ2v) is 6.69. The van der Waals surface area contributed by atoms with Crippen molar-refractivity contribution in [3.05, 3.63) is 34.9 Å². The number of aliphatic carboxylic acids is 1. The normalized spacial score (nSPS) is 19.0. The minimum Gasteiger partial charge on any atom is -0.481 e. The number of carbonyl (C=O) groups excluding carboxylic acids is 4. The molecule has 1 saturated heterocycles. The van der Waals surface area contributed by atoms with Crippen molar-refractivity contribution in [1.29, 1.82) is 0 Å². The van der Waals surface area contributed by atoms with E-state index in [-0.39, 0.29) is 37.0 Å². The number of benzene rings is 1. The van der Waals surface area contributed by atoms with E-state index in [1.54, 1.807) is 18.2 Å². The SMILES string of the molecule is O=C(O)CCOCCCc1ccc2c(c1)C(=O)N(C1CCC(=O)NC1=O)C2=O. The molecular weight excluding hydrogens is 368 g/mol. The predicted molar refractivity (Wildman–Crippen MR) is 94.5 cm³/mol. The zero-order chi connectivity index (χ0) is 20.3. The summed E-state index contributed by atoms with van der Waals surface area (Å²) in [6.45, 7) is 0.535. The highest BCUT2D eigenvalue weighted by molar-refractivity contribution is 6.23. The van der Waals surface area contributed by atoms with Crippen LogP contribution in [0, 0.1) is 0 Å². The average molecular weight is 388 g/mol. The van der Waals surface area contributed by atoms with E-state index in [2.05, 4.69) is 5.32 Å². The fourth-order valence-corrected chi connectivity index (χ4v) is 3.31. The Hall–Kier alpha value is -3.07. The van der Waals surface area contributed by atoms with Crippen LogP contribution in [0.25, 0.3) is 0 Å². The number of ether oxygens (including phenoxy) is 1. The highest BCUT2D eigenvalue weighted by Gasteiger charge is 2.44. The van der Waals surface area contributed by atoms with E-state index in [1.807, 2.05) is 0 Å². The number of piperidine rings is 1. The molecule has 0 radical (unpaired) electrons. The summed E-state index contributed by atoms with van der Waals surface area (Å²) < 4.78 is 5.23. The van der Waals surface area contributed by atoms with Gasteiger partial charge in [-0.2, -0.15) is 0 Å². The fourth-order valence-electron chi connectivity index (χ4n) is 3.31. The monoisotopic (exact) mass is 388 g/mol. The Morgan fingerprint density at radius 1 is 1.14 bits per heavy atom. The van der Waals surface area contributed by atoms with Crippen molar-refractivity contribution in [2.45, 2.75) is 38.1 Å². The first kappa shape index (κ1) is 19.7. The number of nitrogens with one attached hydrogen (secondary N) is 1. The Labute approximate surface area is 160 Å². The average Bonchev–Trinajstić information content (AvgIpc) is 2.89. The molecule has 2 aliphatic heterocycles. The van der Waals surface area contributed by atoms with E-state index in [0.29, 0.717) is 19.4 Å². The summed E-state index contributed by atoms with van der Waals surface area (Å²) in [5.74, 6) is -3.02. The zero-order valence-corrected chi connectivity index (χ0v) is 15.1. The van der Waals surface area contributed by atoms with Crippen LogP contribution in [0.4, 0.5) is 0 Å². The minimum atomic E-state index is -0.976. The van der Waals surface area contributed by atoms with Crippen LogP contribution in [0.2, 0.25) is 0 Å². The van der Waals surface area contributed by atoms with Crippen LogP contribution < -0.4 is 5.32 Å². The summed E-state index contributed by atoms with van der Waals surface area (Å²) in [6, 6.07) is 3.98. The van der Waals surface area contributed by atoms with Gasteiger partial charge in [0.05, 0.1) is 24.2 Å². The summed E-state index contributed by atoms with van der Waals surface area (Å²) in [5.41, 5.74) is 1.34. The second kappa shape index (κ2) is 8.30. The molecule has 9 heteroatoms. The molecule has 1 aromatic rings. The molecule has 148 valence electrons. The molecular formula is C19H20N2O7. The van der Waals surface area contributed by atoms with Gasteiger partial charge in [-0.25, -0.2) is 0 Å². The largest absolute Gasteiger partial charge is 0.481 e. The van der Waals surface area contributed by atoms with Crippen LogP contribution in [-0.2, 0) is 25.5 Å². The standard InChI is InChI=1S/C19H20N2O7/c22-15-6-5-14(17(25)20-15)21-18(26)12-4-3-11(10-13(12)19(21)27)2-1-8-28-9-7-16(23)24/h3-4,10,14H,1-2,5-9H2,(H,23,24)(H,20,22,25). The highest BCUT2D eigenvalue weighted by Crippen LogP contribution is 2.28. The molecule has 3 rings (SSSR count). The first-order chi connectivity index (χ1) is 13.4. The van der Waals surface area contributed by atoms with Crippen LogP contribution in [-0.4, -0.2) is 58.9 Å². The van der Waals surface area contributed by atoms with Gasteiger partial charge in [0.25, 0.3) is 11.8 Å². The molecule has 2 heterocycles. The lowest BCUT2D eigenvalue weighted by molar-refractivity contribution is -0.138. The molecule has 2 aliphatic rings. The fraction of sp³-hybridized carbons (Fsp3) is 0.421. The van der Waals surface area contributed by atoms with Crippen molar-refractivity contribution < 1.29 is 33.8 Å². The quantitative estimate of drug-likeness (QED) is 0.490. The number of fused-ring (bicyclic) bond motifs is 1. The van der Waals surface area contributed by atoms with E-state index in [1.165, 1.54) is 0 Å². The van der Waals surface area contributed by atoms with Crippen LogP contribution in [0.5, 0.6) is 0 Å². The van der Waals surface area contributed by atoms with Gasteiger partial charge in [-0.1, -0.05) is 6.07 Å². The van der Waals surface area contributed by atoms with Gasteiger partial charge in [-0.15, -0.1) is 0 Å². The van der Waals surface area contributed by atoms with E-state index < -0.39 is 35.6 Å². The molecule has 4 amide bonds. The van der Waals surface area contributed by atoms with Crippen LogP contribution in [0.15, 0.2) is 18.2 Å². The van der Waals surface area contributed by atoms with Crippen molar-refractivity contribution >= 4 is 29.6 Å². The summed E-state index contributed by atoms with van der Waals surface area (Å²) in [6.07, 6.45) is 1.39. The molecule has 1 aromatic carbocycles. The Morgan fingerprint density at radius 2 is 1.89 bits per heavy atom. The number of carboxylic acids is 1. The second-order valence-electron chi connectivity index (χ2n) is 6.69. The molecule has 0 aromatic heterocycles. The van der Waals surface area contributed by atoms with E-state index >= 15 is 0 Å². The number of hydrogen-bond donors (Lipinski definition) is 2. The lowest BCUT2D eigenvalue weighted by Gasteiger charge is -2.27. The predicted octanol–water partition coefficient (Wildman–Crippen LogP) is 0.512. The Morgan fingerprint density at radius 3 is 2.61 bits per heavy atom. The molecule has 0 bridgehead atoms. The maximum Gasteiger partial charge on any atom is 0.305 e. The Balaban J connectivity index is 1.62. The molecule has 1 unspecified atom stereocenters. The lowest BCUT2D eigenvalue weighted by Crippen LogP contribution is -2.54. The van der Waals surface area contributed by atoms with Crippen LogP contribution in [0.1, 0.15) is 52.0 Å². The number of rotatable bonds is 8. The molecule has 1 fully saturated rings. The van der Waals surface area contributed by atoms with Gasteiger partial charge >= 0.3 is 5.97 Å².